The van der Waals surface area contributed by atoms with Gasteiger partial charge in [-0.05, 0) is 13.8 Å². The number of esters is 1. The molecule has 0 aromatic carbocycles. The molecule has 0 bridgehead atoms. The van der Waals surface area contributed by atoms with Crippen molar-refractivity contribution in [1.82, 2.24) is 5.32 Å². The minimum Gasteiger partial charge on any atom is -0.465 e. The highest BCUT2D eigenvalue weighted by molar-refractivity contribution is 8.00. The summed E-state index contributed by atoms with van der Waals surface area (Å²) in [6.07, 6.45) is 0. The summed E-state index contributed by atoms with van der Waals surface area (Å²) >= 11 is 1.33. The summed E-state index contributed by atoms with van der Waals surface area (Å²) in [5.74, 6) is 0.260. The molecule has 0 heterocycles. The summed E-state index contributed by atoms with van der Waals surface area (Å²) in [6, 6.07) is -0.649. The van der Waals surface area contributed by atoms with E-state index in [1.54, 1.807) is 6.92 Å². The van der Waals surface area contributed by atoms with Crippen LogP contribution in [0.2, 0.25) is 0 Å². The zero-order valence-corrected chi connectivity index (χ0v) is 9.93. The van der Waals surface area contributed by atoms with Gasteiger partial charge in [-0.1, -0.05) is 0 Å². The van der Waals surface area contributed by atoms with E-state index >= 15 is 0 Å². The Morgan fingerprint density at radius 3 is 2.67 bits per heavy atom. The molecule has 0 saturated carbocycles. The molecule has 0 aliphatic carbocycles. The number of carbonyl (C=O) groups excluding carboxylic acids is 2. The molecule has 1 atom stereocenters. The second kappa shape index (κ2) is 8.55. The second-order valence-electron chi connectivity index (χ2n) is 2.83. The van der Waals surface area contributed by atoms with Crippen LogP contribution in [0.15, 0.2) is 0 Å². The first kappa shape index (κ1) is 14.2. The van der Waals surface area contributed by atoms with Crippen molar-refractivity contribution in [3.05, 3.63) is 0 Å². The molecule has 0 fully saturated rings. The van der Waals surface area contributed by atoms with E-state index in [0.717, 1.165) is 0 Å². The van der Waals surface area contributed by atoms with Crippen molar-refractivity contribution in [3.63, 3.8) is 0 Å². The molecule has 0 aliphatic rings. The zero-order valence-electron chi connectivity index (χ0n) is 9.12. The van der Waals surface area contributed by atoms with Gasteiger partial charge in [0.1, 0.15) is 6.04 Å². The molecule has 0 aliphatic heterocycles. The number of rotatable bonds is 7. The van der Waals surface area contributed by atoms with Crippen LogP contribution in [-0.4, -0.2) is 42.6 Å². The average Bonchev–Trinajstić information content (AvgIpc) is 2.18. The molecule has 88 valence electrons. The lowest BCUT2D eigenvalue weighted by Crippen LogP contribution is -2.35. The van der Waals surface area contributed by atoms with Crippen molar-refractivity contribution >= 4 is 23.6 Å². The van der Waals surface area contributed by atoms with E-state index in [2.05, 4.69) is 5.32 Å². The predicted octanol–water partition coefficient (Wildman–Crippen LogP) is -0.254. The van der Waals surface area contributed by atoms with Crippen molar-refractivity contribution < 1.29 is 14.3 Å². The normalized spacial score (nSPS) is 11.9. The highest BCUT2D eigenvalue weighted by atomic mass is 32.2. The van der Waals surface area contributed by atoms with Crippen molar-refractivity contribution in [2.75, 3.05) is 24.7 Å². The number of hydrogen-bond donors (Lipinski definition) is 2. The first-order valence-corrected chi connectivity index (χ1v) is 6.03. The third-order valence-corrected chi connectivity index (χ3v) is 2.55. The van der Waals surface area contributed by atoms with Crippen molar-refractivity contribution in [2.45, 2.75) is 19.9 Å². The lowest BCUT2D eigenvalue weighted by molar-refractivity contribution is -0.144. The number of thioether (sulfide) groups is 1. The van der Waals surface area contributed by atoms with Gasteiger partial charge in [-0.25, -0.2) is 0 Å². The summed E-state index contributed by atoms with van der Waals surface area (Å²) in [5.41, 5.74) is 5.54. The molecule has 0 aromatic heterocycles. The van der Waals surface area contributed by atoms with Crippen LogP contribution in [0.3, 0.4) is 0 Å². The number of nitrogens with one attached hydrogen (secondary N) is 1. The van der Waals surface area contributed by atoms with Gasteiger partial charge in [-0.2, -0.15) is 0 Å². The van der Waals surface area contributed by atoms with E-state index in [0.29, 0.717) is 24.7 Å². The van der Waals surface area contributed by atoms with Gasteiger partial charge >= 0.3 is 5.97 Å². The number of ether oxygens (including phenoxy) is 1. The van der Waals surface area contributed by atoms with Crippen LogP contribution in [0.4, 0.5) is 0 Å². The maximum atomic E-state index is 11.1. The number of amides is 1. The number of carbonyl (C=O) groups is 2. The van der Waals surface area contributed by atoms with Crippen molar-refractivity contribution in [3.8, 4) is 0 Å². The molecule has 0 aromatic rings. The summed E-state index contributed by atoms with van der Waals surface area (Å²) in [5, 5.41) is 2.66. The highest BCUT2D eigenvalue weighted by Gasteiger charge is 2.14. The van der Waals surface area contributed by atoms with Crippen LogP contribution in [0.5, 0.6) is 0 Å². The SMILES string of the molecule is CCNC(=O)CSCC(N)C(=O)OCC. The Hall–Kier alpha value is -0.750. The molecule has 15 heavy (non-hydrogen) atoms. The fourth-order valence-electron chi connectivity index (χ4n) is 0.844. The molecule has 0 spiro atoms. The Labute approximate surface area is 94.1 Å². The van der Waals surface area contributed by atoms with Gasteiger partial charge in [0.15, 0.2) is 0 Å². The van der Waals surface area contributed by atoms with Crippen LogP contribution in [0.25, 0.3) is 0 Å². The molecular formula is C9H18N2O3S. The standard InChI is InChI=1S/C9H18N2O3S/c1-3-11-8(12)6-15-5-7(10)9(13)14-4-2/h7H,3-6,10H2,1-2H3,(H,11,12). The van der Waals surface area contributed by atoms with Crippen LogP contribution < -0.4 is 11.1 Å². The van der Waals surface area contributed by atoms with Crippen LogP contribution in [-0.2, 0) is 14.3 Å². The van der Waals surface area contributed by atoms with Crippen LogP contribution in [0, 0.1) is 0 Å². The molecule has 0 saturated heterocycles. The van der Waals surface area contributed by atoms with Crippen molar-refractivity contribution in [1.29, 1.82) is 0 Å². The minimum absolute atomic E-state index is 0.0430. The van der Waals surface area contributed by atoms with E-state index in [9.17, 15) is 9.59 Å². The molecule has 5 nitrogen and oxygen atoms in total. The monoisotopic (exact) mass is 234 g/mol. The molecule has 1 amide bonds. The Bertz CT molecular complexity index is 212. The lowest BCUT2D eigenvalue weighted by Gasteiger charge is -2.09. The molecule has 3 N–H and O–H groups in total. The summed E-state index contributed by atoms with van der Waals surface area (Å²) < 4.78 is 4.73. The molecule has 6 heteroatoms. The van der Waals surface area contributed by atoms with Crippen molar-refractivity contribution in [2.24, 2.45) is 5.73 Å². The largest absolute Gasteiger partial charge is 0.465 e. The maximum absolute atomic E-state index is 11.1. The van der Waals surface area contributed by atoms with E-state index in [4.69, 9.17) is 10.5 Å². The smallest absolute Gasteiger partial charge is 0.323 e. The lowest BCUT2D eigenvalue weighted by atomic mass is 10.4. The molecule has 1 unspecified atom stereocenters. The molecular weight excluding hydrogens is 216 g/mol. The van der Waals surface area contributed by atoms with Gasteiger partial charge in [0.05, 0.1) is 12.4 Å². The summed E-state index contributed by atoms with van der Waals surface area (Å²) in [6.45, 7) is 4.52. The maximum Gasteiger partial charge on any atom is 0.323 e. The van der Waals surface area contributed by atoms with Gasteiger partial charge in [0, 0.05) is 12.3 Å². The number of hydrogen-bond acceptors (Lipinski definition) is 5. The van der Waals surface area contributed by atoms with E-state index in [1.165, 1.54) is 11.8 Å². The first-order chi connectivity index (χ1) is 7.11. The van der Waals surface area contributed by atoms with Gasteiger partial charge in [0.25, 0.3) is 0 Å². The highest BCUT2D eigenvalue weighted by Crippen LogP contribution is 2.02. The summed E-state index contributed by atoms with van der Waals surface area (Å²) in [4.78, 5) is 22.1. The van der Waals surface area contributed by atoms with E-state index < -0.39 is 12.0 Å². The molecule has 0 radical (unpaired) electrons. The fourth-order valence-corrected chi connectivity index (χ4v) is 1.64. The topological polar surface area (TPSA) is 81.4 Å². The minimum atomic E-state index is -0.649. The Morgan fingerprint density at radius 2 is 2.13 bits per heavy atom. The Balaban J connectivity index is 3.58. The second-order valence-corrected chi connectivity index (χ2v) is 3.86. The van der Waals surface area contributed by atoms with Crippen LogP contribution >= 0.6 is 11.8 Å². The quantitative estimate of drug-likeness (QED) is 0.593. The third-order valence-electron chi connectivity index (χ3n) is 1.49. The Kier molecular flexibility index (Phi) is 8.12. The van der Waals surface area contributed by atoms with E-state index in [-0.39, 0.29) is 5.91 Å². The van der Waals surface area contributed by atoms with Gasteiger partial charge in [-0.15, -0.1) is 11.8 Å². The third kappa shape index (κ3) is 7.21. The average molecular weight is 234 g/mol. The van der Waals surface area contributed by atoms with Gasteiger partial charge < -0.3 is 15.8 Å². The number of nitrogens with two attached hydrogens (primary N) is 1. The summed E-state index contributed by atoms with van der Waals surface area (Å²) in [7, 11) is 0. The van der Waals surface area contributed by atoms with Gasteiger partial charge in [-0.3, -0.25) is 9.59 Å². The zero-order chi connectivity index (χ0) is 11.7. The molecule has 0 rings (SSSR count). The first-order valence-electron chi connectivity index (χ1n) is 4.88. The van der Waals surface area contributed by atoms with E-state index in [1.807, 2.05) is 6.92 Å². The van der Waals surface area contributed by atoms with Gasteiger partial charge in [0.2, 0.25) is 5.91 Å². The fraction of sp³-hybridized carbons (Fsp3) is 0.778. The Morgan fingerprint density at radius 1 is 1.47 bits per heavy atom. The predicted molar refractivity (Wildman–Crippen MR) is 60.6 cm³/mol. The van der Waals surface area contributed by atoms with Crippen LogP contribution in [0.1, 0.15) is 13.8 Å².